The van der Waals surface area contributed by atoms with E-state index in [1.54, 1.807) is 24.3 Å². The molecule has 2 heterocycles. The molecule has 0 atom stereocenters. The molecule has 2 aliphatic rings. The van der Waals surface area contributed by atoms with Gasteiger partial charge in [-0.25, -0.2) is 0 Å². The Hall–Kier alpha value is -2.58. The van der Waals surface area contributed by atoms with E-state index in [1.165, 1.54) is 4.68 Å². The number of fused-ring (bicyclic) bond motifs is 2. The van der Waals surface area contributed by atoms with Crippen molar-refractivity contribution < 1.29 is 24.2 Å². The van der Waals surface area contributed by atoms with Crippen molar-refractivity contribution in [3.8, 4) is 0 Å². The lowest BCUT2D eigenvalue weighted by atomic mass is 9.90. The standard InChI is InChI=1S/C16H17N4O4/c21-15-11-3-1-2-4-12(11)16(22)14-13(15)19(17-20(14)23)6-5-18-7-9-24-10-8-18/h1-4H,5-10H2,(H,17,23)/q+1/p+1. The fourth-order valence-electron chi connectivity index (χ4n) is 3.20. The molecule has 8 nitrogen and oxygen atoms in total. The average molecular weight is 330 g/mol. The van der Waals surface area contributed by atoms with E-state index in [9.17, 15) is 9.59 Å². The molecule has 2 N–H and O–H groups in total. The maximum atomic E-state index is 12.8. The molecular formula is C16H18N4O4+2. The number of nitrogens with zero attached hydrogens (tertiary/aromatic N) is 4. The van der Waals surface area contributed by atoms with Gasteiger partial charge in [-0.05, 0) is 0 Å². The number of rotatable bonds is 3. The average Bonchev–Trinajstić information content (AvgIpc) is 2.95. The molecular weight excluding hydrogens is 312 g/mol. The molecule has 0 spiro atoms. The Morgan fingerprint density at radius 2 is 1.79 bits per heavy atom. The number of ether oxygens (including phenoxy) is 1. The molecule has 1 aliphatic carbocycles. The van der Waals surface area contributed by atoms with Gasteiger partial charge in [-0.3, -0.25) is 14.5 Å². The molecule has 24 heavy (non-hydrogen) atoms. The minimum absolute atomic E-state index is 0.0423. The molecule has 0 saturated carbocycles. The highest BCUT2D eigenvalue weighted by atomic mass is 16.5. The first kappa shape index (κ1) is 15.0. The Morgan fingerprint density at radius 1 is 1.12 bits per heavy atom. The van der Waals surface area contributed by atoms with E-state index < -0.39 is 0 Å². The van der Waals surface area contributed by atoms with Gasteiger partial charge in [0.1, 0.15) is 6.54 Å². The van der Waals surface area contributed by atoms with Crippen LogP contribution in [0.4, 0.5) is 0 Å². The summed E-state index contributed by atoms with van der Waals surface area (Å²) in [4.78, 5) is 28.4. The number of carbonyl (C=O) groups excluding carboxylic acids is 2. The zero-order chi connectivity index (χ0) is 16.7. The summed E-state index contributed by atoms with van der Waals surface area (Å²) in [6.45, 7) is 4.21. The van der Waals surface area contributed by atoms with E-state index in [2.05, 4.69) is 10.1 Å². The molecule has 0 bridgehead atoms. The van der Waals surface area contributed by atoms with Gasteiger partial charge in [-0.15, -0.1) is 4.68 Å². The van der Waals surface area contributed by atoms with Crippen LogP contribution in [0.3, 0.4) is 0 Å². The Bertz CT molecular complexity index is 823. The van der Waals surface area contributed by atoms with Gasteiger partial charge in [0.2, 0.25) is 11.6 Å². The van der Waals surface area contributed by atoms with Crippen molar-refractivity contribution in [2.75, 3.05) is 32.8 Å². The summed E-state index contributed by atoms with van der Waals surface area (Å²) in [5.41, 5.74) is 0.967. The van der Waals surface area contributed by atoms with Crippen LogP contribution in [0, 0.1) is 0 Å². The Balaban J connectivity index is 1.67. The van der Waals surface area contributed by atoms with Crippen LogP contribution in [0.25, 0.3) is 0 Å². The molecule has 8 heteroatoms. The summed E-state index contributed by atoms with van der Waals surface area (Å²) >= 11 is 0. The monoisotopic (exact) mass is 330 g/mol. The normalized spacial score (nSPS) is 17.7. The van der Waals surface area contributed by atoms with Crippen LogP contribution in [-0.4, -0.2) is 64.6 Å². The van der Waals surface area contributed by atoms with E-state index in [1.807, 2.05) is 0 Å². The minimum atomic E-state index is -0.326. The lowest BCUT2D eigenvalue weighted by Crippen LogP contribution is -2.49. The quantitative estimate of drug-likeness (QED) is 0.443. The molecule has 1 aromatic carbocycles. The molecule has 124 valence electrons. The van der Waals surface area contributed by atoms with Crippen LogP contribution in [0.2, 0.25) is 0 Å². The molecule has 1 aliphatic heterocycles. The number of aromatic nitrogens is 3. The van der Waals surface area contributed by atoms with Crippen LogP contribution in [-0.2, 0) is 11.3 Å². The smallest absolute Gasteiger partial charge is 0.343 e. The number of carbonyl (C=O) groups is 2. The fourth-order valence-corrected chi connectivity index (χ4v) is 3.20. The minimum Gasteiger partial charge on any atom is -0.401 e. The Kier molecular flexibility index (Phi) is 3.62. The van der Waals surface area contributed by atoms with Crippen LogP contribution in [0.15, 0.2) is 24.3 Å². The summed E-state index contributed by atoms with van der Waals surface area (Å²) in [6, 6.07) is 6.71. The van der Waals surface area contributed by atoms with Gasteiger partial charge in [-0.2, -0.15) is 0 Å². The van der Waals surface area contributed by atoms with Crippen LogP contribution in [0.5, 0.6) is 0 Å². The summed E-state index contributed by atoms with van der Waals surface area (Å²) in [5.74, 6) is -0.575. The highest BCUT2D eigenvalue weighted by Crippen LogP contribution is 2.24. The van der Waals surface area contributed by atoms with Crippen LogP contribution < -0.4 is 4.68 Å². The zero-order valence-electron chi connectivity index (χ0n) is 13.1. The molecule has 1 aromatic heterocycles. The van der Waals surface area contributed by atoms with E-state index in [0.29, 0.717) is 37.4 Å². The van der Waals surface area contributed by atoms with Crippen molar-refractivity contribution in [3.05, 3.63) is 46.8 Å². The van der Waals surface area contributed by atoms with E-state index in [-0.39, 0.29) is 23.0 Å². The first-order chi connectivity index (χ1) is 11.7. The lowest BCUT2D eigenvalue weighted by molar-refractivity contribution is -0.758. The maximum Gasteiger partial charge on any atom is 0.343 e. The second kappa shape index (κ2) is 5.81. The van der Waals surface area contributed by atoms with Crippen molar-refractivity contribution in [2.24, 2.45) is 0 Å². The predicted molar refractivity (Wildman–Crippen MR) is 82.0 cm³/mol. The largest absolute Gasteiger partial charge is 0.401 e. The molecule has 2 aromatic rings. The molecule has 0 unspecified atom stereocenters. The maximum absolute atomic E-state index is 12.8. The first-order valence-corrected chi connectivity index (χ1v) is 7.90. The van der Waals surface area contributed by atoms with Gasteiger partial charge in [0.15, 0.2) is 10.1 Å². The Morgan fingerprint density at radius 3 is 2.50 bits per heavy atom. The second-order valence-electron chi connectivity index (χ2n) is 5.88. The zero-order valence-corrected chi connectivity index (χ0v) is 13.1. The summed E-state index contributed by atoms with van der Waals surface area (Å²) in [5, 5.41) is 12.0. The van der Waals surface area contributed by atoms with Gasteiger partial charge < -0.3 is 9.94 Å². The third kappa shape index (κ3) is 2.31. The van der Waals surface area contributed by atoms with Gasteiger partial charge >= 0.3 is 5.69 Å². The molecule has 1 fully saturated rings. The topological polar surface area (TPSA) is 91.2 Å². The van der Waals surface area contributed by atoms with Gasteiger partial charge in [0.25, 0.3) is 5.69 Å². The number of hydrogen-bond donors (Lipinski definition) is 0. The van der Waals surface area contributed by atoms with Crippen molar-refractivity contribution >= 4 is 11.6 Å². The second-order valence-corrected chi connectivity index (χ2v) is 5.88. The van der Waals surface area contributed by atoms with E-state index in [0.717, 1.165) is 17.9 Å². The van der Waals surface area contributed by atoms with Crippen molar-refractivity contribution in [3.63, 3.8) is 0 Å². The van der Waals surface area contributed by atoms with Gasteiger partial charge in [0.05, 0.1) is 13.2 Å². The number of hydrogen-bond acceptors (Lipinski definition) is 5. The SMILES string of the molecule is O=C1c2ccccc2C(=O)c2c1n([OH2+])n[n+]2CCN1CCOCC1. The number of benzene rings is 1. The van der Waals surface area contributed by atoms with Gasteiger partial charge in [-0.1, -0.05) is 24.3 Å². The molecule has 0 amide bonds. The molecule has 0 radical (unpaired) electrons. The Labute approximate surface area is 137 Å². The number of morpholine rings is 1. The predicted octanol–water partition coefficient (Wildman–Crippen LogP) is -1.23. The van der Waals surface area contributed by atoms with Crippen LogP contribution in [0.1, 0.15) is 32.1 Å². The highest BCUT2D eigenvalue weighted by Gasteiger charge is 2.45. The van der Waals surface area contributed by atoms with Crippen molar-refractivity contribution in [1.82, 2.24) is 15.0 Å². The third-order valence-corrected chi connectivity index (χ3v) is 4.47. The summed E-state index contributed by atoms with van der Waals surface area (Å²) < 4.78 is 6.80. The molecule has 4 rings (SSSR count). The third-order valence-electron chi connectivity index (χ3n) is 4.47. The summed E-state index contributed by atoms with van der Waals surface area (Å²) in [6.07, 6.45) is 0. The van der Waals surface area contributed by atoms with Gasteiger partial charge in [0, 0.05) is 30.8 Å². The fraction of sp³-hybridized carbons (Fsp3) is 0.375. The molecule has 1 saturated heterocycles. The van der Waals surface area contributed by atoms with Crippen molar-refractivity contribution in [2.45, 2.75) is 6.54 Å². The summed E-state index contributed by atoms with van der Waals surface area (Å²) in [7, 11) is 0. The first-order valence-electron chi connectivity index (χ1n) is 7.90. The lowest BCUT2D eigenvalue weighted by Gasteiger charge is -2.25. The number of ketones is 2. The van der Waals surface area contributed by atoms with Crippen LogP contribution >= 0.6 is 0 Å². The highest BCUT2D eigenvalue weighted by molar-refractivity contribution is 6.26. The van der Waals surface area contributed by atoms with Crippen molar-refractivity contribution in [1.29, 1.82) is 0 Å². The van der Waals surface area contributed by atoms with E-state index >= 15 is 0 Å². The van der Waals surface area contributed by atoms with E-state index in [4.69, 9.17) is 9.94 Å².